The third kappa shape index (κ3) is 2.83. The van der Waals surface area contributed by atoms with Gasteiger partial charge in [0.1, 0.15) is 11.4 Å². The molecule has 0 radical (unpaired) electrons. The molecule has 3 rings (SSSR count). The summed E-state index contributed by atoms with van der Waals surface area (Å²) in [5.74, 6) is 0.716. The van der Waals surface area contributed by atoms with Gasteiger partial charge in [-0.05, 0) is 35.4 Å². The van der Waals surface area contributed by atoms with Crippen molar-refractivity contribution in [3.8, 4) is 16.9 Å². The summed E-state index contributed by atoms with van der Waals surface area (Å²) >= 11 is 0. The Labute approximate surface area is 134 Å². The Morgan fingerprint density at radius 1 is 1.17 bits per heavy atom. The fraction of sp³-hybridized carbons (Fsp3) is 0.222. The molecule has 1 heterocycles. The van der Waals surface area contributed by atoms with Crippen LogP contribution < -0.4 is 4.74 Å². The molecule has 0 atom stereocenters. The zero-order chi connectivity index (χ0) is 16.4. The Kier molecular flexibility index (Phi) is 4.12. The molecule has 0 aliphatic heterocycles. The van der Waals surface area contributed by atoms with Crippen molar-refractivity contribution >= 4 is 16.7 Å². The van der Waals surface area contributed by atoms with Gasteiger partial charge in [0.2, 0.25) is 0 Å². The average Bonchev–Trinajstić information content (AvgIpc) is 2.93. The van der Waals surface area contributed by atoms with Gasteiger partial charge in [-0.1, -0.05) is 18.2 Å². The van der Waals surface area contributed by atoms with Gasteiger partial charge >= 0.3 is 0 Å². The molecule has 5 nitrogen and oxygen atoms in total. The summed E-state index contributed by atoms with van der Waals surface area (Å²) in [4.78, 5) is 11.9. The van der Waals surface area contributed by atoms with E-state index in [0.29, 0.717) is 12.2 Å². The zero-order valence-electron chi connectivity index (χ0n) is 13.1. The molecule has 3 aromatic rings. The van der Waals surface area contributed by atoms with Gasteiger partial charge in [-0.3, -0.25) is 9.48 Å². The Bertz CT molecular complexity index is 851. The van der Waals surface area contributed by atoms with Gasteiger partial charge in [0.15, 0.2) is 5.78 Å². The molecule has 1 N–H and O–H groups in total. The molecule has 0 saturated heterocycles. The first-order valence-electron chi connectivity index (χ1n) is 7.41. The topological polar surface area (TPSA) is 64.3 Å². The lowest BCUT2D eigenvalue weighted by Gasteiger charge is -2.05. The van der Waals surface area contributed by atoms with E-state index in [9.17, 15) is 4.79 Å². The molecular formula is C18H18N2O3. The standard InChI is InChI=1S/C18H18N2O3/c1-12(22)18-16-11-14(13-3-6-15(23-2)7-4-13)5-8-17(16)20(19-18)9-10-21/h3-8,11,21H,9-10H2,1-2H3. The van der Waals surface area contributed by atoms with Crippen LogP contribution in [0, 0.1) is 0 Å². The second kappa shape index (κ2) is 6.22. The lowest BCUT2D eigenvalue weighted by Crippen LogP contribution is -2.05. The average molecular weight is 310 g/mol. The molecule has 118 valence electrons. The number of hydrogen-bond acceptors (Lipinski definition) is 4. The molecule has 0 aliphatic rings. The Morgan fingerprint density at radius 3 is 2.48 bits per heavy atom. The van der Waals surface area contributed by atoms with Gasteiger partial charge in [-0.15, -0.1) is 0 Å². The van der Waals surface area contributed by atoms with Crippen LogP contribution in [0.25, 0.3) is 22.0 Å². The molecule has 0 unspecified atom stereocenters. The van der Waals surface area contributed by atoms with Crippen LogP contribution in [-0.4, -0.2) is 34.4 Å². The van der Waals surface area contributed by atoms with Crippen LogP contribution in [0.1, 0.15) is 17.4 Å². The van der Waals surface area contributed by atoms with Gasteiger partial charge < -0.3 is 9.84 Å². The predicted octanol–water partition coefficient (Wildman–Crippen LogP) is 2.91. The first kappa shape index (κ1) is 15.2. The highest BCUT2D eigenvalue weighted by Crippen LogP contribution is 2.28. The molecule has 0 fully saturated rings. The summed E-state index contributed by atoms with van der Waals surface area (Å²) in [6, 6.07) is 13.7. The fourth-order valence-electron chi connectivity index (χ4n) is 2.67. The van der Waals surface area contributed by atoms with Crippen LogP contribution in [0.4, 0.5) is 0 Å². The van der Waals surface area contributed by atoms with E-state index < -0.39 is 0 Å². The van der Waals surface area contributed by atoms with Crippen LogP contribution >= 0.6 is 0 Å². The largest absolute Gasteiger partial charge is 0.497 e. The lowest BCUT2D eigenvalue weighted by molar-refractivity contribution is 0.101. The minimum Gasteiger partial charge on any atom is -0.497 e. The molecule has 0 saturated carbocycles. The second-order valence-corrected chi connectivity index (χ2v) is 5.31. The molecule has 1 aromatic heterocycles. The second-order valence-electron chi connectivity index (χ2n) is 5.31. The first-order valence-corrected chi connectivity index (χ1v) is 7.41. The first-order chi connectivity index (χ1) is 11.1. The van der Waals surface area contributed by atoms with Gasteiger partial charge in [0.25, 0.3) is 0 Å². The zero-order valence-corrected chi connectivity index (χ0v) is 13.1. The van der Waals surface area contributed by atoms with Crippen molar-refractivity contribution in [2.24, 2.45) is 0 Å². The van der Waals surface area contributed by atoms with Crippen molar-refractivity contribution in [2.45, 2.75) is 13.5 Å². The van der Waals surface area contributed by atoms with Crippen molar-refractivity contribution < 1.29 is 14.6 Å². The number of rotatable bonds is 5. The summed E-state index contributed by atoms with van der Waals surface area (Å²) < 4.78 is 6.84. The highest BCUT2D eigenvalue weighted by molar-refractivity contribution is 6.05. The number of ether oxygens (including phenoxy) is 1. The smallest absolute Gasteiger partial charge is 0.180 e. The molecule has 2 aromatic carbocycles. The summed E-state index contributed by atoms with van der Waals surface area (Å²) in [5.41, 5.74) is 3.33. The molecular weight excluding hydrogens is 292 g/mol. The number of methoxy groups -OCH3 is 1. The Morgan fingerprint density at radius 2 is 1.87 bits per heavy atom. The van der Waals surface area contributed by atoms with Crippen molar-refractivity contribution in [1.82, 2.24) is 9.78 Å². The van der Waals surface area contributed by atoms with Crippen molar-refractivity contribution in [1.29, 1.82) is 0 Å². The number of aliphatic hydroxyl groups is 1. The minimum absolute atomic E-state index is 0.0195. The van der Waals surface area contributed by atoms with E-state index >= 15 is 0 Å². The number of aliphatic hydroxyl groups excluding tert-OH is 1. The Hall–Kier alpha value is -2.66. The maximum atomic E-state index is 11.9. The van der Waals surface area contributed by atoms with Crippen molar-refractivity contribution in [2.75, 3.05) is 13.7 Å². The summed E-state index contributed by atoms with van der Waals surface area (Å²) in [6.07, 6.45) is 0. The number of hydrogen-bond donors (Lipinski definition) is 1. The predicted molar refractivity (Wildman–Crippen MR) is 88.8 cm³/mol. The molecule has 0 bridgehead atoms. The summed E-state index contributed by atoms with van der Waals surface area (Å²) in [6.45, 7) is 1.85. The van der Waals surface area contributed by atoms with E-state index in [4.69, 9.17) is 9.84 Å². The van der Waals surface area contributed by atoms with Gasteiger partial charge in [-0.25, -0.2) is 0 Å². The maximum Gasteiger partial charge on any atom is 0.180 e. The summed E-state index contributed by atoms with van der Waals surface area (Å²) in [5, 5.41) is 14.3. The summed E-state index contributed by atoms with van der Waals surface area (Å²) in [7, 11) is 1.63. The van der Waals surface area contributed by atoms with E-state index in [2.05, 4.69) is 5.10 Å². The normalized spacial score (nSPS) is 10.9. The maximum absolute atomic E-state index is 11.9. The van der Waals surface area contributed by atoms with Gasteiger partial charge in [0, 0.05) is 12.3 Å². The van der Waals surface area contributed by atoms with E-state index in [1.54, 1.807) is 11.8 Å². The number of fused-ring (bicyclic) bond motifs is 1. The van der Waals surface area contributed by atoms with Gasteiger partial charge in [0.05, 0.1) is 25.8 Å². The van der Waals surface area contributed by atoms with E-state index in [0.717, 1.165) is 27.8 Å². The molecule has 0 amide bonds. The highest BCUT2D eigenvalue weighted by atomic mass is 16.5. The number of Topliss-reactive ketones (excluding diaryl/α,β-unsaturated/α-hetero) is 1. The SMILES string of the molecule is COc1ccc(-c2ccc3c(c2)c(C(C)=O)nn3CCO)cc1. The fourth-order valence-corrected chi connectivity index (χ4v) is 2.67. The van der Waals surface area contributed by atoms with Crippen LogP contribution in [0.15, 0.2) is 42.5 Å². The molecule has 0 spiro atoms. The molecule has 5 heteroatoms. The highest BCUT2D eigenvalue weighted by Gasteiger charge is 2.14. The third-order valence-corrected chi connectivity index (χ3v) is 3.82. The monoisotopic (exact) mass is 310 g/mol. The van der Waals surface area contributed by atoms with Crippen LogP contribution in [0.5, 0.6) is 5.75 Å². The van der Waals surface area contributed by atoms with Crippen LogP contribution in [0.2, 0.25) is 0 Å². The number of carbonyl (C=O) groups is 1. The minimum atomic E-state index is -0.0847. The number of ketones is 1. The van der Waals surface area contributed by atoms with E-state index in [1.807, 2.05) is 42.5 Å². The van der Waals surface area contributed by atoms with Crippen LogP contribution in [0.3, 0.4) is 0 Å². The van der Waals surface area contributed by atoms with Crippen molar-refractivity contribution in [3.63, 3.8) is 0 Å². The Balaban J connectivity index is 2.13. The van der Waals surface area contributed by atoms with E-state index in [1.165, 1.54) is 6.92 Å². The van der Waals surface area contributed by atoms with Crippen molar-refractivity contribution in [3.05, 3.63) is 48.2 Å². The van der Waals surface area contributed by atoms with Gasteiger partial charge in [-0.2, -0.15) is 5.10 Å². The third-order valence-electron chi connectivity index (χ3n) is 3.82. The van der Waals surface area contributed by atoms with E-state index in [-0.39, 0.29) is 12.4 Å². The lowest BCUT2D eigenvalue weighted by atomic mass is 10.0. The number of carbonyl (C=O) groups excluding carboxylic acids is 1. The number of aromatic nitrogens is 2. The molecule has 0 aliphatic carbocycles. The van der Waals surface area contributed by atoms with Crippen LogP contribution in [-0.2, 0) is 6.54 Å². The quantitative estimate of drug-likeness (QED) is 0.736. The molecule has 23 heavy (non-hydrogen) atoms. The number of benzene rings is 2. The number of nitrogens with zero attached hydrogens (tertiary/aromatic N) is 2.